The molecule has 174 valence electrons. The second-order valence-corrected chi connectivity index (χ2v) is 8.25. The third-order valence-electron chi connectivity index (χ3n) is 4.45. The van der Waals surface area contributed by atoms with E-state index in [2.05, 4.69) is 16.0 Å². The largest absolute Gasteiger partial charge is 0.480 e. The summed E-state index contributed by atoms with van der Waals surface area (Å²) in [5, 5.41) is 35.8. The molecule has 0 rings (SSSR count). The fraction of sp³-hybridized carbons (Fsp3) is 0.789. The molecule has 8 N–H and O–H groups in total. The number of aliphatic hydroxyl groups excluding tert-OH is 2. The van der Waals surface area contributed by atoms with Crippen LogP contribution in [0.15, 0.2) is 0 Å². The fourth-order valence-electron chi connectivity index (χ4n) is 2.61. The van der Waals surface area contributed by atoms with Crippen LogP contribution in [0.1, 0.15) is 48.0 Å². The van der Waals surface area contributed by atoms with Crippen molar-refractivity contribution in [3.63, 3.8) is 0 Å². The molecule has 11 heteroatoms. The van der Waals surface area contributed by atoms with E-state index in [1.165, 1.54) is 13.8 Å². The van der Waals surface area contributed by atoms with Gasteiger partial charge in [-0.25, -0.2) is 4.79 Å². The molecular formula is C19H36N4O7. The van der Waals surface area contributed by atoms with E-state index in [0.29, 0.717) is 0 Å². The number of aliphatic carboxylic acids is 1. The lowest BCUT2D eigenvalue weighted by atomic mass is 9.99. The molecule has 0 aliphatic carbocycles. The van der Waals surface area contributed by atoms with Gasteiger partial charge in [0.15, 0.2) is 0 Å². The summed E-state index contributed by atoms with van der Waals surface area (Å²) in [7, 11) is 0. The third-order valence-corrected chi connectivity index (χ3v) is 4.45. The van der Waals surface area contributed by atoms with Crippen LogP contribution in [0.4, 0.5) is 0 Å². The summed E-state index contributed by atoms with van der Waals surface area (Å²) < 4.78 is 0. The molecule has 3 amide bonds. The smallest absolute Gasteiger partial charge is 0.326 e. The number of carbonyl (C=O) groups is 4. The summed E-state index contributed by atoms with van der Waals surface area (Å²) in [6, 6.07) is -4.96. The van der Waals surface area contributed by atoms with Crippen molar-refractivity contribution < 1.29 is 34.5 Å². The van der Waals surface area contributed by atoms with Crippen LogP contribution in [0, 0.1) is 11.8 Å². The third kappa shape index (κ3) is 9.06. The van der Waals surface area contributed by atoms with E-state index in [1.54, 1.807) is 13.8 Å². The molecule has 6 unspecified atom stereocenters. The zero-order valence-electron chi connectivity index (χ0n) is 18.4. The number of hydrogen-bond donors (Lipinski definition) is 7. The van der Waals surface area contributed by atoms with Gasteiger partial charge in [-0.05, 0) is 32.1 Å². The maximum atomic E-state index is 12.6. The first-order valence-electron chi connectivity index (χ1n) is 9.94. The highest BCUT2D eigenvalue weighted by Crippen LogP contribution is 2.09. The van der Waals surface area contributed by atoms with Crippen LogP contribution in [0.2, 0.25) is 0 Å². The molecule has 0 fully saturated rings. The molecule has 0 aromatic heterocycles. The topological polar surface area (TPSA) is 191 Å². The van der Waals surface area contributed by atoms with Gasteiger partial charge in [0.05, 0.1) is 12.2 Å². The molecule has 0 aromatic rings. The zero-order chi connectivity index (χ0) is 23.8. The van der Waals surface area contributed by atoms with E-state index in [9.17, 15) is 34.5 Å². The normalized spacial score (nSPS) is 17.4. The highest BCUT2D eigenvalue weighted by atomic mass is 16.4. The van der Waals surface area contributed by atoms with E-state index < -0.39 is 66.0 Å². The van der Waals surface area contributed by atoms with Gasteiger partial charge >= 0.3 is 5.97 Å². The van der Waals surface area contributed by atoms with Crippen molar-refractivity contribution in [2.24, 2.45) is 17.6 Å². The van der Waals surface area contributed by atoms with Gasteiger partial charge in [0.2, 0.25) is 17.7 Å². The number of nitrogens with one attached hydrogen (secondary N) is 3. The number of nitrogens with two attached hydrogens (primary N) is 1. The predicted molar refractivity (Wildman–Crippen MR) is 109 cm³/mol. The quantitative estimate of drug-likeness (QED) is 0.190. The van der Waals surface area contributed by atoms with Gasteiger partial charge < -0.3 is 37.0 Å². The zero-order valence-corrected chi connectivity index (χ0v) is 18.4. The van der Waals surface area contributed by atoms with Crippen molar-refractivity contribution >= 4 is 23.7 Å². The minimum Gasteiger partial charge on any atom is -0.480 e. The maximum Gasteiger partial charge on any atom is 0.326 e. The number of carbonyl (C=O) groups excluding carboxylic acids is 3. The number of carboxylic acids is 1. The Morgan fingerprint density at radius 2 is 1.23 bits per heavy atom. The number of rotatable bonds is 12. The molecule has 0 aliphatic heterocycles. The summed E-state index contributed by atoms with van der Waals surface area (Å²) in [6.45, 7) is 9.52. The second-order valence-electron chi connectivity index (χ2n) is 8.25. The van der Waals surface area contributed by atoms with Crippen LogP contribution in [0.5, 0.6) is 0 Å². The fourth-order valence-corrected chi connectivity index (χ4v) is 2.61. The molecule has 0 bridgehead atoms. The number of carboxylic acid groups (broad SMARTS) is 1. The molecule has 0 saturated heterocycles. The van der Waals surface area contributed by atoms with Gasteiger partial charge in [-0.2, -0.15) is 0 Å². The van der Waals surface area contributed by atoms with Gasteiger partial charge in [-0.15, -0.1) is 0 Å². The predicted octanol–water partition coefficient (Wildman–Crippen LogP) is -1.68. The van der Waals surface area contributed by atoms with Gasteiger partial charge in [-0.1, -0.05) is 27.7 Å². The number of hydrogen-bond acceptors (Lipinski definition) is 7. The van der Waals surface area contributed by atoms with Gasteiger partial charge in [0, 0.05) is 0 Å². The molecule has 0 radical (unpaired) electrons. The summed E-state index contributed by atoms with van der Waals surface area (Å²) in [4.78, 5) is 48.7. The van der Waals surface area contributed by atoms with E-state index in [-0.39, 0.29) is 12.3 Å². The molecule has 0 spiro atoms. The second kappa shape index (κ2) is 12.5. The van der Waals surface area contributed by atoms with Crippen molar-refractivity contribution in [2.75, 3.05) is 0 Å². The summed E-state index contributed by atoms with van der Waals surface area (Å²) in [5.41, 5.74) is 5.53. The van der Waals surface area contributed by atoms with Crippen LogP contribution in [0.3, 0.4) is 0 Å². The molecule has 0 saturated carbocycles. The molecule has 0 aromatic carbocycles. The van der Waals surface area contributed by atoms with Gasteiger partial charge in [0.25, 0.3) is 0 Å². The molecule has 11 nitrogen and oxygen atoms in total. The Morgan fingerprint density at radius 3 is 1.60 bits per heavy atom. The maximum absolute atomic E-state index is 12.6. The summed E-state index contributed by atoms with van der Waals surface area (Å²) in [6.07, 6.45) is -2.28. The van der Waals surface area contributed by atoms with E-state index >= 15 is 0 Å². The monoisotopic (exact) mass is 432 g/mol. The number of amides is 3. The molecule has 0 aliphatic rings. The molecule has 6 atom stereocenters. The van der Waals surface area contributed by atoms with E-state index in [4.69, 9.17) is 5.73 Å². The van der Waals surface area contributed by atoms with Gasteiger partial charge in [-0.3, -0.25) is 14.4 Å². The van der Waals surface area contributed by atoms with Crippen molar-refractivity contribution in [3.8, 4) is 0 Å². The van der Waals surface area contributed by atoms with Crippen molar-refractivity contribution in [2.45, 2.75) is 84.3 Å². The Kier molecular flexibility index (Phi) is 11.5. The molecule has 0 heterocycles. The number of aliphatic hydroxyl groups is 2. The first-order chi connectivity index (χ1) is 13.7. The average molecular weight is 433 g/mol. The van der Waals surface area contributed by atoms with Crippen molar-refractivity contribution in [1.29, 1.82) is 0 Å². The van der Waals surface area contributed by atoms with Crippen LogP contribution in [-0.2, 0) is 19.2 Å². The Morgan fingerprint density at radius 1 is 0.767 bits per heavy atom. The lowest BCUT2D eigenvalue weighted by Crippen LogP contribution is -2.61. The summed E-state index contributed by atoms with van der Waals surface area (Å²) >= 11 is 0. The van der Waals surface area contributed by atoms with Crippen LogP contribution >= 0.6 is 0 Å². The Balaban J connectivity index is 5.37. The van der Waals surface area contributed by atoms with Crippen LogP contribution in [0.25, 0.3) is 0 Å². The lowest BCUT2D eigenvalue weighted by Gasteiger charge is -2.28. The van der Waals surface area contributed by atoms with Crippen LogP contribution in [-0.4, -0.2) is 75.4 Å². The Bertz CT molecular complexity index is 608. The minimum atomic E-state index is -1.43. The molecular weight excluding hydrogens is 396 g/mol. The Hall–Kier alpha value is -2.24. The Labute approximate surface area is 176 Å². The standard InChI is InChI=1S/C19H36N4O7/c1-8(2)7-12(19(29)30)21-17(27)14(9(3)4)22-18(28)15(11(6)25)23-16(26)13(20)10(5)24/h8-15,24-25H,7,20H2,1-6H3,(H,21,27)(H,22,28)(H,23,26)(H,29,30). The van der Waals surface area contributed by atoms with E-state index in [1.807, 2.05) is 13.8 Å². The highest BCUT2D eigenvalue weighted by molar-refractivity contribution is 5.94. The van der Waals surface area contributed by atoms with E-state index in [0.717, 1.165) is 0 Å². The SMILES string of the molecule is CC(C)CC(NC(=O)C(NC(=O)C(NC(=O)C(N)C(C)O)C(C)O)C(C)C)C(=O)O. The average Bonchev–Trinajstić information content (AvgIpc) is 2.60. The van der Waals surface area contributed by atoms with Crippen molar-refractivity contribution in [1.82, 2.24) is 16.0 Å². The molecule has 30 heavy (non-hydrogen) atoms. The minimum absolute atomic E-state index is 0.0199. The van der Waals surface area contributed by atoms with Gasteiger partial charge in [0.1, 0.15) is 24.2 Å². The first kappa shape index (κ1) is 27.8. The summed E-state index contributed by atoms with van der Waals surface area (Å²) in [5.74, 6) is -3.96. The lowest BCUT2D eigenvalue weighted by molar-refractivity contribution is -0.143. The van der Waals surface area contributed by atoms with Crippen LogP contribution < -0.4 is 21.7 Å². The highest BCUT2D eigenvalue weighted by Gasteiger charge is 2.34. The van der Waals surface area contributed by atoms with Crippen molar-refractivity contribution in [3.05, 3.63) is 0 Å². The first-order valence-corrected chi connectivity index (χ1v) is 9.94.